The van der Waals surface area contributed by atoms with E-state index in [0.29, 0.717) is 17.9 Å². The second-order valence-corrected chi connectivity index (χ2v) is 4.45. The molecule has 1 saturated carbocycles. The number of fused-ring (bicyclic) bond motifs is 1. The fourth-order valence-electron chi connectivity index (χ4n) is 2.19. The van der Waals surface area contributed by atoms with Crippen LogP contribution in [0.1, 0.15) is 6.92 Å². The Hall–Kier alpha value is -1.10. The van der Waals surface area contributed by atoms with Crippen LogP contribution in [0.4, 0.5) is 0 Å². The van der Waals surface area contributed by atoms with Crippen LogP contribution in [0, 0.1) is 11.8 Å². The molecule has 1 aliphatic heterocycles. The van der Waals surface area contributed by atoms with Crippen molar-refractivity contribution in [3.05, 3.63) is 0 Å². The minimum absolute atomic E-state index is 0.0490. The summed E-state index contributed by atoms with van der Waals surface area (Å²) in [6.07, 6.45) is 0. The van der Waals surface area contributed by atoms with E-state index in [1.54, 1.807) is 7.05 Å². The van der Waals surface area contributed by atoms with Gasteiger partial charge >= 0.3 is 0 Å². The van der Waals surface area contributed by atoms with Crippen molar-refractivity contribution in [2.75, 3.05) is 26.7 Å². The highest BCUT2D eigenvalue weighted by Gasteiger charge is 2.53. The first-order valence-corrected chi connectivity index (χ1v) is 5.31. The molecule has 1 heterocycles. The van der Waals surface area contributed by atoms with E-state index in [0.717, 1.165) is 13.1 Å². The number of carbonyl (C=O) groups excluding carboxylic acids is 2. The molecule has 2 atom stereocenters. The fourth-order valence-corrected chi connectivity index (χ4v) is 2.19. The maximum absolute atomic E-state index is 11.5. The van der Waals surface area contributed by atoms with Crippen molar-refractivity contribution in [1.29, 1.82) is 0 Å². The van der Waals surface area contributed by atoms with Crippen molar-refractivity contribution < 1.29 is 9.59 Å². The third-order valence-corrected chi connectivity index (χ3v) is 3.34. The lowest BCUT2D eigenvalue weighted by atomic mass is 10.4. The van der Waals surface area contributed by atoms with Crippen molar-refractivity contribution in [1.82, 2.24) is 15.5 Å². The van der Waals surface area contributed by atoms with E-state index in [4.69, 9.17) is 0 Å². The first-order chi connectivity index (χ1) is 7.09. The van der Waals surface area contributed by atoms with Crippen LogP contribution in [0.5, 0.6) is 0 Å². The van der Waals surface area contributed by atoms with Gasteiger partial charge in [-0.3, -0.25) is 9.59 Å². The van der Waals surface area contributed by atoms with E-state index >= 15 is 0 Å². The number of carbonyl (C=O) groups is 2. The van der Waals surface area contributed by atoms with E-state index < -0.39 is 0 Å². The Morgan fingerprint density at radius 3 is 2.53 bits per heavy atom. The van der Waals surface area contributed by atoms with Gasteiger partial charge in [-0.15, -0.1) is 0 Å². The van der Waals surface area contributed by atoms with Gasteiger partial charge in [0.1, 0.15) is 0 Å². The van der Waals surface area contributed by atoms with Crippen LogP contribution >= 0.6 is 0 Å². The van der Waals surface area contributed by atoms with E-state index in [-0.39, 0.29) is 18.4 Å². The minimum atomic E-state index is -0.0807. The van der Waals surface area contributed by atoms with E-state index in [2.05, 4.69) is 10.6 Å². The van der Waals surface area contributed by atoms with Gasteiger partial charge in [0.25, 0.3) is 0 Å². The maximum atomic E-state index is 11.5. The standard InChI is InChI=1S/C10H17N3O2/c1-6(14)13(2)5-9(15)12-10-7-3-11-4-8(7)10/h7-8,10-11H,3-5H2,1-2H3,(H,12,15). The molecule has 0 aromatic rings. The zero-order valence-electron chi connectivity index (χ0n) is 9.12. The molecule has 2 unspecified atom stereocenters. The number of hydrogen-bond donors (Lipinski definition) is 2. The molecule has 1 saturated heterocycles. The van der Waals surface area contributed by atoms with Crippen molar-refractivity contribution >= 4 is 11.8 Å². The average molecular weight is 211 g/mol. The summed E-state index contributed by atoms with van der Waals surface area (Å²) in [6.45, 7) is 3.65. The third-order valence-electron chi connectivity index (χ3n) is 3.34. The average Bonchev–Trinajstić information content (AvgIpc) is 2.63. The molecule has 0 aromatic carbocycles. The number of amides is 2. The molecule has 1 aliphatic carbocycles. The fraction of sp³-hybridized carbons (Fsp3) is 0.800. The third kappa shape index (κ3) is 2.12. The van der Waals surface area contributed by atoms with Crippen LogP contribution in [0.25, 0.3) is 0 Å². The Labute approximate surface area is 89.2 Å². The topological polar surface area (TPSA) is 61.4 Å². The largest absolute Gasteiger partial charge is 0.351 e. The first-order valence-electron chi connectivity index (χ1n) is 5.31. The summed E-state index contributed by atoms with van der Waals surface area (Å²) in [5.41, 5.74) is 0. The van der Waals surface area contributed by atoms with E-state index in [1.807, 2.05) is 0 Å². The first kappa shape index (κ1) is 10.4. The quantitative estimate of drug-likeness (QED) is 0.616. The maximum Gasteiger partial charge on any atom is 0.239 e. The lowest BCUT2D eigenvalue weighted by Crippen LogP contribution is -2.40. The molecule has 2 amide bonds. The van der Waals surface area contributed by atoms with E-state index in [9.17, 15) is 9.59 Å². The van der Waals surface area contributed by atoms with Crippen LogP contribution in [-0.2, 0) is 9.59 Å². The molecule has 15 heavy (non-hydrogen) atoms. The molecular formula is C10H17N3O2. The molecule has 5 nitrogen and oxygen atoms in total. The van der Waals surface area contributed by atoms with Crippen molar-refractivity contribution in [3.8, 4) is 0 Å². The smallest absolute Gasteiger partial charge is 0.239 e. The molecule has 84 valence electrons. The molecule has 2 N–H and O–H groups in total. The molecule has 2 rings (SSSR count). The normalized spacial score (nSPS) is 32.0. The Balaban J connectivity index is 1.72. The Kier molecular flexibility index (Phi) is 2.65. The molecular weight excluding hydrogens is 194 g/mol. The van der Waals surface area contributed by atoms with Crippen LogP contribution in [0.15, 0.2) is 0 Å². The van der Waals surface area contributed by atoms with Crippen LogP contribution in [0.2, 0.25) is 0 Å². The van der Waals surface area contributed by atoms with Gasteiger partial charge in [-0.25, -0.2) is 0 Å². The van der Waals surface area contributed by atoms with Crippen molar-refractivity contribution in [3.63, 3.8) is 0 Å². The summed E-state index contributed by atoms with van der Waals surface area (Å²) in [5, 5.41) is 6.24. The zero-order valence-corrected chi connectivity index (χ0v) is 9.12. The number of piperidine rings is 1. The number of nitrogens with zero attached hydrogens (tertiary/aromatic N) is 1. The molecule has 0 radical (unpaired) electrons. The molecule has 0 spiro atoms. The second kappa shape index (κ2) is 3.81. The van der Waals surface area contributed by atoms with Gasteiger partial charge in [-0.2, -0.15) is 0 Å². The number of hydrogen-bond acceptors (Lipinski definition) is 3. The summed E-state index contributed by atoms with van der Waals surface area (Å²) in [4.78, 5) is 23.8. The van der Waals surface area contributed by atoms with Gasteiger partial charge < -0.3 is 15.5 Å². The lowest BCUT2D eigenvalue weighted by Gasteiger charge is -2.15. The molecule has 5 heteroatoms. The summed E-state index contributed by atoms with van der Waals surface area (Å²) in [6, 6.07) is 0.346. The van der Waals surface area contributed by atoms with Crippen LogP contribution in [0.3, 0.4) is 0 Å². The molecule has 0 bridgehead atoms. The predicted molar refractivity (Wildman–Crippen MR) is 55.1 cm³/mol. The van der Waals surface area contributed by atoms with Crippen molar-refractivity contribution in [2.24, 2.45) is 11.8 Å². The highest BCUT2D eigenvalue weighted by atomic mass is 16.2. The summed E-state index contributed by atoms with van der Waals surface area (Å²) >= 11 is 0. The molecule has 2 fully saturated rings. The lowest BCUT2D eigenvalue weighted by molar-refractivity contribution is -0.133. The van der Waals surface area contributed by atoms with Gasteiger partial charge in [-0.1, -0.05) is 0 Å². The van der Waals surface area contributed by atoms with Crippen molar-refractivity contribution in [2.45, 2.75) is 13.0 Å². The second-order valence-electron chi connectivity index (χ2n) is 4.45. The van der Waals surface area contributed by atoms with Gasteiger partial charge in [0, 0.05) is 33.1 Å². The highest BCUT2D eigenvalue weighted by Crippen LogP contribution is 2.41. The summed E-state index contributed by atoms with van der Waals surface area (Å²) in [7, 11) is 1.64. The number of rotatable bonds is 3. The Morgan fingerprint density at radius 2 is 2.00 bits per heavy atom. The SMILES string of the molecule is CC(=O)N(C)CC(=O)NC1C2CNCC21. The monoisotopic (exact) mass is 211 g/mol. The predicted octanol–water partition coefficient (Wildman–Crippen LogP) is -1.20. The van der Waals surface area contributed by atoms with Gasteiger partial charge in [0.15, 0.2) is 0 Å². The molecule has 2 aliphatic rings. The minimum Gasteiger partial charge on any atom is -0.351 e. The summed E-state index contributed by atoms with van der Waals surface area (Å²) < 4.78 is 0. The number of likely N-dealkylation sites (N-methyl/N-ethyl adjacent to an activating group) is 1. The number of nitrogens with one attached hydrogen (secondary N) is 2. The zero-order chi connectivity index (χ0) is 11.0. The van der Waals surface area contributed by atoms with E-state index in [1.165, 1.54) is 11.8 Å². The summed E-state index contributed by atoms with van der Waals surface area (Å²) in [5.74, 6) is 1.11. The van der Waals surface area contributed by atoms with Crippen LogP contribution < -0.4 is 10.6 Å². The highest BCUT2D eigenvalue weighted by molar-refractivity contribution is 5.84. The van der Waals surface area contributed by atoms with Gasteiger partial charge in [-0.05, 0) is 11.8 Å². The Bertz CT molecular complexity index is 282. The van der Waals surface area contributed by atoms with Gasteiger partial charge in [0.2, 0.25) is 11.8 Å². The van der Waals surface area contributed by atoms with Gasteiger partial charge in [0.05, 0.1) is 6.54 Å². The molecule has 0 aromatic heterocycles. The Morgan fingerprint density at radius 1 is 1.40 bits per heavy atom. The van der Waals surface area contributed by atoms with Crippen LogP contribution in [-0.4, -0.2) is 49.4 Å².